The van der Waals surface area contributed by atoms with Gasteiger partial charge in [0.1, 0.15) is 5.82 Å². The van der Waals surface area contributed by atoms with Crippen molar-refractivity contribution in [3.8, 4) is 10.4 Å². The Hall–Kier alpha value is -2.25. The molecule has 0 saturated heterocycles. The molecular weight excluding hydrogens is 377 g/mol. The van der Waals surface area contributed by atoms with Crippen molar-refractivity contribution < 1.29 is 4.39 Å². The van der Waals surface area contributed by atoms with E-state index in [9.17, 15) is 9.59 Å². The van der Waals surface area contributed by atoms with Gasteiger partial charge in [-0.05, 0) is 74.8 Å². The highest BCUT2D eigenvalue weighted by Gasteiger charge is 2.30. The number of nitrogens with one attached hydrogen (secondary N) is 1. The molecule has 3 N–H and O–H groups in total. The minimum Gasteiger partial charge on any atom is -0.330 e. The summed E-state index contributed by atoms with van der Waals surface area (Å²) in [6.07, 6.45) is 4.97. The maximum atomic E-state index is 15.2. The van der Waals surface area contributed by atoms with E-state index < -0.39 is 17.1 Å². The predicted molar refractivity (Wildman–Crippen MR) is 110 cm³/mol. The number of thiophene rings is 1. The van der Waals surface area contributed by atoms with Gasteiger partial charge in [0, 0.05) is 21.4 Å². The topological polar surface area (TPSA) is 80.9 Å². The van der Waals surface area contributed by atoms with Crippen LogP contribution in [-0.4, -0.2) is 16.1 Å². The lowest BCUT2D eigenvalue weighted by molar-refractivity contribution is 0.567. The van der Waals surface area contributed by atoms with Gasteiger partial charge in [0.25, 0.3) is 5.56 Å². The van der Waals surface area contributed by atoms with Gasteiger partial charge in [-0.15, -0.1) is 11.3 Å². The second-order valence-corrected chi connectivity index (χ2v) is 9.07. The Bertz CT molecular complexity index is 1220. The van der Waals surface area contributed by atoms with Crippen LogP contribution in [0.1, 0.15) is 53.6 Å². The molecule has 2 aliphatic carbocycles. The van der Waals surface area contributed by atoms with E-state index in [0.29, 0.717) is 29.1 Å². The molecule has 1 unspecified atom stereocenters. The fourth-order valence-corrected chi connectivity index (χ4v) is 5.97. The van der Waals surface area contributed by atoms with Gasteiger partial charge >= 0.3 is 5.69 Å². The first-order chi connectivity index (χ1) is 13.5. The summed E-state index contributed by atoms with van der Waals surface area (Å²) < 4.78 is 16.8. The molecule has 1 aromatic carbocycles. The third kappa shape index (κ3) is 2.60. The third-order valence-corrected chi connectivity index (χ3v) is 7.33. The number of aromatic amines is 1. The van der Waals surface area contributed by atoms with Crippen LogP contribution in [0.3, 0.4) is 0 Å². The van der Waals surface area contributed by atoms with Crippen LogP contribution in [0.2, 0.25) is 0 Å². The molecule has 0 radical (unpaired) electrons. The van der Waals surface area contributed by atoms with E-state index in [1.165, 1.54) is 16.5 Å². The molecule has 2 aromatic heterocycles. The molecule has 3 aromatic rings. The predicted octanol–water partition coefficient (Wildman–Crippen LogP) is 3.58. The zero-order valence-electron chi connectivity index (χ0n) is 15.7. The Kier molecular flexibility index (Phi) is 4.07. The summed E-state index contributed by atoms with van der Waals surface area (Å²) in [5.74, 6) is -0.0931. The summed E-state index contributed by atoms with van der Waals surface area (Å²) in [5, 5.41) is 0.242. The Morgan fingerprint density at radius 1 is 1.29 bits per heavy atom. The minimum absolute atomic E-state index is 0.0852. The fraction of sp³-hybridized carbons (Fsp3) is 0.429. The first kappa shape index (κ1) is 17.8. The number of aromatic nitrogens is 2. The van der Waals surface area contributed by atoms with E-state index in [0.717, 1.165) is 37.0 Å². The fourth-order valence-electron chi connectivity index (χ4n) is 4.58. The number of benzene rings is 1. The molecule has 7 heteroatoms. The van der Waals surface area contributed by atoms with E-state index >= 15 is 4.39 Å². The lowest BCUT2D eigenvalue weighted by Crippen LogP contribution is -2.30. The number of halogens is 1. The van der Waals surface area contributed by atoms with Crippen molar-refractivity contribution in [2.75, 3.05) is 6.54 Å². The second kappa shape index (κ2) is 6.39. The van der Waals surface area contributed by atoms with Crippen molar-refractivity contribution in [3.63, 3.8) is 0 Å². The lowest BCUT2D eigenvalue weighted by Gasteiger charge is -2.20. The van der Waals surface area contributed by atoms with Gasteiger partial charge in [-0.25, -0.2) is 9.18 Å². The van der Waals surface area contributed by atoms with Crippen LogP contribution >= 0.6 is 11.3 Å². The normalized spacial score (nSPS) is 19.2. The molecule has 2 heterocycles. The Balaban J connectivity index is 1.80. The van der Waals surface area contributed by atoms with Crippen molar-refractivity contribution >= 4 is 22.2 Å². The summed E-state index contributed by atoms with van der Waals surface area (Å²) in [7, 11) is 0. The van der Waals surface area contributed by atoms with Crippen LogP contribution in [0, 0.1) is 12.7 Å². The number of hydrogen-bond donors (Lipinski definition) is 2. The zero-order chi connectivity index (χ0) is 19.6. The number of H-pyrrole nitrogens is 1. The largest absolute Gasteiger partial charge is 0.330 e. The van der Waals surface area contributed by atoms with Gasteiger partial charge in [0.15, 0.2) is 0 Å². The summed E-state index contributed by atoms with van der Waals surface area (Å²) in [5.41, 5.74) is 7.97. The number of nitrogens with two attached hydrogens (primary N) is 1. The number of aryl methyl sites for hydroxylation is 2. The van der Waals surface area contributed by atoms with Gasteiger partial charge in [-0.3, -0.25) is 14.3 Å². The van der Waals surface area contributed by atoms with Crippen LogP contribution in [-0.2, 0) is 6.42 Å². The van der Waals surface area contributed by atoms with Gasteiger partial charge in [-0.2, -0.15) is 0 Å². The zero-order valence-corrected chi connectivity index (χ0v) is 16.5. The van der Waals surface area contributed by atoms with E-state index in [-0.39, 0.29) is 11.4 Å². The lowest BCUT2D eigenvalue weighted by atomic mass is 9.87. The average molecular weight is 399 g/mol. The molecule has 0 amide bonds. The molecule has 1 saturated carbocycles. The highest BCUT2D eigenvalue weighted by atomic mass is 32.1. The minimum atomic E-state index is -0.529. The monoisotopic (exact) mass is 399 g/mol. The average Bonchev–Trinajstić information content (AvgIpc) is 3.40. The van der Waals surface area contributed by atoms with Crippen molar-refractivity contribution in [1.29, 1.82) is 0 Å². The van der Waals surface area contributed by atoms with Gasteiger partial charge < -0.3 is 5.73 Å². The quantitative estimate of drug-likeness (QED) is 0.706. The van der Waals surface area contributed by atoms with Crippen LogP contribution in [0.15, 0.2) is 21.7 Å². The summed E-state index contributed by atoms with van der Waals surface area (Å²) >= 11 is 1.61. The molecule has 1 fully saturated rings. The van der Waals surface area contributed by atoms with Crippen LogP contribution in [0.25, 0.3) is 21.3 Å². The first-order valence-corrected chi connectivity index (χ1v) is 10.6. The Morgan fingerprint density at radius 3 is 2.79 bits per heavy atom. The molecule has 28 heavy (non-hydrogen) atoms. The molecule has 5 rings (SSSR count). The van der Waals surface area contributed by atoms with Crippen LogP contribution in [0.4, 0.5) is 4.39 Å². The van der Waals surface area contributed by atoms with E-state index in [1.54, 1.807) is 15.9 Å². The van der Waals surface area contributed by atoms with Crippen molar-refractivity contribution in [1.82, 2.24) is 9.55 Å². The van der Waals surface area contributed by atoms with Crippen LogP contribution < -0.4 is 17.0 Å². The maximum Gasteiger partial charge on any atom is 0.329 e. The highest BCUT2D eigenvalue weighted by molar-refractivity contribution is 7.15. The number of nitrogens with zero attached hydrogens (tertiary/aromatic N) is 1. The smallest absolute Gasteiger partial charge is 0.329 e. The van der Waals surface area contributed by atoms with Crippen molar-refractivity contribution in [3.05, 3.63) is 54.8 Å². The van der Waals surface area contributed by atoms with E-state index in [2.05, 4.69) is 11.1 Å². The highest BCUT2D eigenvalue weighted by Crippen LogP contribution is 2.44. The molecule has 2 aliphatic rings. The Morgan fingerprint density at radius 2 is 2.07 bits per heavy atom. The molecule has 5 nitrogen and oxygen atoms in total. The molecular formula is C21H22FN3O2S. The number of rotatable bonds is 3. The SMILES string of the molecule is Cc1c(-c2cc3c(s2)CCCC3CN)c(F)cc2c(=O)[nH]c(=O)n(C3CC3)c12. The standard InChI is InChI=1S/C21H22FN3O2S/c1-10-18(17-8-13-11(9-23)3-2-4-16(13)28-17)15(22)7-14-19(10)25(12-5-6-12)21(27)24-20(14)26/h7-8,11-12H,2-6,9,23H2,1H3,(H,24,26,27). The molecule has 1 atom stereocenters. The molecule has 0 bridgehead atoms. The van der Waals surface area contributed by atoms with Crippen molar-refractivity contribution in [2.24, 2.45) is 5.73 Å². The molecule has 0 aliphatic heterocycles. The molecule has 146 valence electrons. The van der Waals surface area contributed by atoms with E-state index in [4.69, 9.17) is 5.73 Å². The summed E-state index contributed by atoms with van der Waals surface area (Å²) in [6, 6.07) is 3.44. The number of fused-ring (bicyclic) bond motifs is 2. The number of hydrogen-bond acceptors (Lipinski definition) is 4. The van der Waals surface area contributed by atoms with Gasteiger partial charge in [0.05, 0.1) is 10.9 Å². The second-order valence-electron chi connectivity index (χ2n) is 7.93. The van der Waals surface area contributed by atoms with E-state index in [1.807, 2.05) is 6.92 Å². The summed E-state index contributed by atoms with van der Waals surface area (Å²) in [6.45, 7) is 2.41. The van der Waals surface area contributed by atoms with Gasteiger partial charge in [0.2, 0.25) is 0 Å². The van der Waals surface area contributed by atoms with Crippen LogP contribution in [0.5, 0.6) is 0 Å². The maximum absolute atomic E-state index is 15.2. The Labute approximate surface area is 165 Å². The first-order valence-electron chi connectivity index (χ1n) is 9.80. The van der Waals surface area contributed by atoms with Gasteiger partial charge in [-0.1, -0.05) is 0 Å². The third-order valence-electron chi connectivity index (χ3n) is 6.10. The molecule has 0 spiro atoms. The summed E-state index contributed by atoms with van der Waals surface area (Å²) in [4.78, 5) is 29.3. The van der Waals surface area contributed by atoms with Crippen molar-refractivity contribution in [2.45, 2.75) is 51.0 Å².